The molecular weight excluding hydrogens is 346 g/mol. The van der Waals surface area contributed by atoms with E-state index in [1.54, 1.807) is 0 Å². The molecule has 1 unspecified atom stereocenters. The molecule has 0 spiro atoms. The van der Waals surface area contributed by atoms with Crippen molar-refractivity contribution in [3.8, 4) is 0 Å². The zero-order valence-corrected chi connectivity index (χ0v) is 19.0. The lowest BCUT2D eigenvalue weighted by molar-refractivity contribution is -0.137. The summed E-state index contributed by atoms with van der Waals surface area (Å²) in [6, 6.07) is 0. The Morgan fingerprint density at radius 2 is 1.07 bits per heavy atom. The molecule has 0 aromatic rings. The average molecular weight is 396 g/mol. The molecule has 0 radical (unpaired) electrons. The minimum Gasteiger partial charge on any atom is -0.351 e. The number of nitrogens with two attached hydrogens (primary N) is 1. The third-order valence-electron chi connectivity index (χ3n) is 4.89. The maximum atomic E-state index is 5.75. The van der Waals surface area contributed by atoms with Gasteiger partial charge in [-0.3, -0.25) is 0 Å². The molecule has 0 aliphatic rings. The summed E-state index contributed by atoms with van der Waals surface area (Å²) in [6.07, 6.45) is 27.7. The molecule has 0 aromatic carbocycles. The van der Waals surface area contributed by atoms with Crippen LogP contribution in [0.2, 0.25) is 0 Å². The van der Waals surface area contributed by atoms with Crippen molar-refractivity contribution >= 4 is 0 Å². The van der Waals surface area contributed by atoms with Crippen LogP contribution in [0.15, 0.2) is 24.3 Å². The first-order valence-electron chi connectivity index (χ1n) is 12.1. The third-order valence-corrected chi connectivity index (χ3v) is 4.89. The van der Waals surface area contributed by atoms with Crippen molar-refractivity contribution in [1.82, 2.24) is 0 Å². The van der Waals surface area contributed by atoms with Gasteiger partial charge in [0.2, 0.25) is 0 Å². The number of hydrogen-bond donors (Lipinski definition) is 1. The fraction of sp³-hybridized carbons (Fsp3) is 0.840. The van der Waals surface area contributed by atoms with Crippen LogP contribution >= 0.6 is 0 Å². The topological polar surface area (TPSA) is 44.5 Å². The Labute approximate surface area is 176 Å². The van der Waals surface area contributed by atoms with Crippen LogP contribution in [0.1, 0.15) is 110 Å². The minimum atomic E-state index is -0.215. The van der Waals surface area contributed by atoms with E-state index in [0.29, 0.717) is 6.54 Å². The van der Waals surface area contributed by atoms with Gasteiger partial charge in [-0.15, -0.1) is 0 Å². The van der Waals surface area contributed by atoms with Gasteiger partial charge in [-0.25, -0.2) is 0 Å². The van der Waals surface area contributed by atoms with Gasteiger partial charge in [0.15, 0.2) is 6.29 Å². The second kappa shape index (κ2) is 24.4. The van der Waals surface area contributed by atoms with Crippen molar-refractivity contribution in [1.29, 1.82) is 0 Å². The average Bonchev–Trinajstić information content (AvgIpc) is 2.71. The van der Waals surface area contributed by atoms with Crippen molar-refractivity contribution in [2.75, 3.05) is 19.8 Å². The molecule has 3 heteroatoms. The van der Waals surface area contributed by atoms with Crippen molar-refractivity contribution in [2.45, 2.75) is 116 Å². The van der Waals surface area contributed by atoms with E-state index in [-0.39, 0.29) is 6.29 Å². The Bertz CT molecular complexity index is 341. The zero-order chi connectivity index (χ0) is 20.5. The van der Waals surface area contributed by atoms with Crippen molar-refractivity contribution in [3.05, 3.63) is 24.3 Å². The summed E-state index contributed by atoms with van der Waals surface area (Å²) in [5, 5.41) is 0. The Morgan fingerprint density at radius 3 is 1.64 bits per heavy atom. The lowest BCUT2D eigenvalue weighted by Gasteiger charge is -2.16. The highest BCUT2D eigenvalue weighted by atomic mass is 16.7. The number of unbranched alkanes of at least 4 members (excludes halogenated alkanes) is 11. The second-order valence-corrected chi connectivity index (χ2v) is 7.70. The Kier molecular flexibility index (Phi) is 23.8. The minimum absolute atomic E-state index is 0.215. The van der Waals surface area contributed by atoms with Gasteiger partial charge in [0.1, 0.15) is 0 Å². The molecule has 28 heavy (non-hydrogen) atoms. The maximum absolute atomic E-state index is 5.75. The molecule has 0 heterocycles. The molecule has 0 bridgehead atoms. The molecule has 2 N–H and O–H groups in total. The summed E-state index contributed by atoms with van der Waals surface area (Å²) >= 11 is 0. The SMILES string of the molecule is CCCCC/C=C\C/C=C\CCCCCCCOC(CN)OCCCCCC. The van der Waals surface area contributed by atoms with E-state index in [1.165, 1.54) is 77.0 Å². The molecule has 0 aliphatic heterocycles. The van der Waals surface area contributed by atoms with Crippen LogP contribution in [0, 0.1) is 0 Å². The predicted molar refractivity (Wildman–Crippen MR) is 124 cm³/mol. The molecule has 1 atom stereocenters. The largest absolute Gasteiger partial charge is 0.351 e. The normalized spacial score (nSPS) is 13.1. The summed E-state index contributed by atoms with van der Waals surface area (Å²) in [4.78, 5) is 0. The van der Waals surface area contributed by atoms with Gasteiger partial charge in [0.25, 0.3) is 0 Å². The maximum Gasteiger partial charge on any atom is 0.169 e. The highest BCUT2D eigenvalue weighted by Crippen LogP contribution is 2.08. The van der Waals surface area contributed by atoms with Crippen LogP contribution in [0.5, 0.6) is 0 Å². The molecule has 3 nitrogen and oxygen atoms in total. The fourth-order valence-electron chi connectivity index (χ4n) is 3.06. The highest BCUT2D eigenvalue weighted by molar-refractivity contribution is 4.92. The molecule has 0 saturated heterocycles. The smallest absolute Gasteiger partial charge is 0.169 e. The summed E-state index contributed by atoms with van der Waals surface area (Å²) < 4.78 is 11.4. The van der Waals surface area contributed by atoms with Crippen molar-refractivity contribution < 1.29 is 9.47 Å². The van der Waals surface area contributed by atoms with Gasteiger partial charge in [-0.1, -0.05) is 89.5 Å². The quantitative estimate of drug-likeness (QED) is 0.119. The lowest BCUT2D eigenvalue weighted by atomic mass is 10.1. The van der Waals surface area contributed by atoms with Gasteiger partial charge >= 0.3 is 0 Å². The lowest BCUT2D eigenvalue weighted by Crippen LogP contribution is -2.27. The second-order valence-electron chi connectivity index (χ2n) is 7.70. The van der Waals surface area contributed by atoms with E-state index < -0.39 is 0 Å². The Balaban J connectivity index is 3.34. The van der Waals surface area contributed by atoms with Crippen LogP contribution in [0.25, 0.3) is 0 Å². The Morgan fingerprint density at radius 1 is 0.607 bits per heavy atom. The zero-order valence-electron chi connectivity index (χ0n) is 19.0. The van der Waals surface area contributed by atoms with E-state index in [2.05, 4.69) is 38.2 Å². The van der Waals surface area contributed by atoms with Gasteiger partial charge in [0, 0.05) is 19.8 Å². The molecule has 0 rings (SSSR count). The van der Waals surface area contributed by atoms with Gasteiger partial charge in [-0.2, -0.15) is 0 Å². The Hall–Kier alpha value is -0.640. The summed E-state index contributed by atoms with van der Waals surface area (Å²) in [6.45, 7) is 6.46. The monoisotopic (exact) mass is 395 g/mol. The molecule has 0 aromatic heterocycles. The number of ether oxygens (including phenoxy) is 2. The van der Waals surface area contributed by atoms with E-state index in [4.69, 9.17) is 15.2 Å². The van der Waals surface area contributed by atoms with Crippen LogP contribution in [-0.4, -0.2) is 26.0 Å². The predicted octanol–water partition coefficient (Wildman–Crippen LogP) is 7.31. The first-order chi connectivity index (χ1) is 13.8. The van der Waals surface area contributed by atoms with Crippen LogP contribution in [0.4, 0.5) is 0 Å². The summed E-state index contributed by atoms with van der Waals surface area (Å²) in [5.74, 6) is 0. The molecule has 0 fully saturated rings. The van der Waals surface area contributed by atoms with Crippen LogP contribution in [0.3, 0.4) is 0 Å². The number of hydrogen-bond acceptors (Lipinski definition) is 3. The van der Waals surface area contributed by atoms with E-state index in [1.807, 2.05) is 0 Å². The molecule has 0 aliphatic carbocycles. The van der Waals surface area contributed by atoms with Gasteiger partial charge in [-0.05, 0) is 44.9 Å². The summed E-state index contributed by atoms with van der Waals surface area (Å²) in [7, 11) is 0. The fourth-order valence-corrected chi connectivity index (χ4v) is 3.06. The third kappa shape index (κ3) is 21.7. The van der Waals surface area contributed by atoms with E-state index in [0.717, 1.165) is 32.5 Å². The first kappa shape index (κ1) is 27.4. The highest BCUT2D eigenvalue weighted by Gasteiger charge is 2.06. The van der Waals surface area contributed by atoms with Crippen molar-refractivity contribution in [3.63, 3.8) is 0 Å². The van der Waals surface area contributed by atoms with Crippen molar-refractivity contribution in [2.24, 2.45) is 5.73 Å². The molecule has 166 valence electrons. The van der Waals surface area contributed by atoms with Gasteiger partial charge in [0.05, 0.1) is 0 Å². The number of allylic oxidation sites excluding steroid dienone is 4. The van der Waals surface area contributed by atoms with Crippen LogP contribution < -0.4 is 5.73 Å². The van der Waals surface area contributed by atoms with Crippen LogP contribution in [-0.2, 0) is 9.47 Å². The van der Waals surface area contributed by atoms with E-state index in [9.17, 15) is 0 Å². The standard InChI is InChI=1S/C25H49NO2/c1-3-5-7-9-10-11-12-13-14-15-16-17-18-19-21-23-28-25(24-26)27-22-20-8-6-4-2/h10-11,13-14,25H,3-9,12,15-24,26H2,1-2H3/b11-10-,14-13-. The van der Waals surface area contributed by atoms with Gasteiger partial charge < -0.3 is 15.2 Å². The molecule has 0 amide bonds. The number of rotatable bonds is 22. The molecule has 0 saturated carbocycles. The molecular formula is C25H49NO2. The summed E-state index contributed by atoms with van der Waals surface area (Å²) in [5.41, 5.74) is 5.72. The first-order valence-corrected chi connectivity index (χ1v) is 12.1. The van der Waals surface area contributed by atoms with E-state index >= 15 is 0 Å².